The van der Waals surface area contributed by atoms with E-state index in [0.717, 1.165) is 35.7 Å². The summed E-state index contributed by atoms with van der Waals surface area (Å²) in [4.78, 5) is 0. The summed E-state index contributed by atoms with van der Waals surface area (Å²) in [6.07, 6.45) is 0. The van der Waals surface area contributed by atoms with Crippen LogP contribution in [-0.2, 0) is 0 Å². The minimum atomic E-state index is -0.0481. The summed E-state index contributed by atoms with van der Waals surface area (Å²) in [6.45, 7) is 8.03. The number of nitrogens with one attached hydrogen (secondary N) is 1. The van der Waals surface area contributed by atoms with Gasteiger partial charge in [-0.3, -0.25) is 0 Å². The molecule has 1 aliphatic heterocycles. The van der Waals surface area contributed by atoms with Gasteiger partial charge in [0.2, 0.25) is 0 Å². The van der Waals surface area contributed by atoms with Crippen molar-refractivity contribution in [1.82, 2.24) is 5.32 Å². The molecule has 1 heterocycles. The molecule has 0 spiro atoms. The van der Waals surface area contributed by atoms with Gasteiger partial charge in [0.25, 0.3) is 0 Å². The molecule has 3 nitrogen and oxygen atoms in total. The number of aryl methyl sites for hydroxylation is 2. The fourth-order valence-electron chi connectivity index (χ4n) is 2.13. The lowest BCUT2D eigenvalue weighted by atomic mass is 10.00. The van der Waals surface area contributed by atoms with Crippen molar-refractivity contribution in [1.29, 1.82) is 0 Å². The van der Waals surface area contributed by atoms with E-state index in [0.29, 0.717) is 0 Å². The molecule has 3 heteroatoms. The first-order valence-electron chi connectivity index (χ1n) is 5.59. The van der Waals surface area contributed by atoms with Crippen molar-refractivity contribution in [3.05, 3.63) is 23.3 Å². The number of hydrogen-bond acceptors (Lipinski definition) is 3. The topological polar surface area (TPSA) is 30.5 Å². The average Bonchev–Trinajstić information content (AvgIpc) is 2.15. The van der Waals surface area contributed by atoms with Crippen LogP contribution in [0.25, 0.3) is 0 Å². The highest BCUT2D eigenvalue weighted by Crippen LogP contribution is 2.30. The van der Waals surface area contributed by atoms with Crippen molar-refractivity contribution < 1.29 is 9.47 Å². The van der Waals surface area contributed by atoms with Gasteiger partial charge in [0, 0.05) is 13.1 Å². The predicted octanol–water partition coefficient (Wildman–Crippen LogP) is 2.05. The van der Waals surface area contributed by atoms with Gasteiger partial charge in [0.1, 0.15) is 17.1 Å². The Morgan fingerprint density at radius 2 is 1.75 bits per heavy atom. The zero-order valence-corrected chi connectivity index (χ0v) is 10.4. The number of rotatable bonds is 3. The van der Waals surface area contributed by atoms with Crippen LogP contribution >= 0.6 is 0 Å². The normalized spacial score (nSPS) is 17.8. The SMILES string of the molecule is COc1c(C)cc(OC2(C)CNC2)cc1C. The van der Waals surface area contributed by atoms with E-state index in [1.54, 1.807) is 7.11 Å². The number of methoxy groups -OCH3 is 1. The third-order valence-corrected chi connectivity index (χ3v) is 3.00. The second-order valence-corrected chi connectivity index (χ2v) is 4.75. The van der Waals surface area contributed by atoms with E-state index in [2.05, 4.69) is 12.2 Å². The first-order chi connectivity index (χ1) is 7.54. The molecule has 1 fully saturated rings. The number of benzene rings is 1. The van der Waals surface area contributed by atoms with E-state index in [1.807, 2.05) is 26.0 Å². The molecule has 1 saturated heterocycles. The van der Waals surface area contributed by atoms with Crippen LogP contribution in [-0.4, -0.2) is 25.8 Å². The van der Waals surface area contributed by atoms with Gasteiger partial charge in [0.05, 0.1) is 7.11 Å². The summed E-state index contributed by atoms with van der Waals surface area (Å²) in [6, 6.07) is 4.07. The second kappa shape index (κ2) is 3.98. The highest BCUT2D eigenvalue weighted by molar-refractivity contribution is 5.46. The van der Waals surface area contributed by atoms with E-state index in [-0.39, 0.29) is 5.60 Å². The number of hydrogen-bond donors (Lipinski definition) is 1. The molecule has 88 valence electrons. The molecule has 1 aromatic rings. The molecular formula is C13H19NO2. The van der Waals surface area contributed by atoms with Crippen LogP contribution in [0.3, 0.4) is 0 Å². The lowest BCUT2D eigenvalue weighted by molar-refractivity contribution is 0.0347. The Bertz CT molecular complexity index is 374. The smallest absolute Gasteiger partial charge is 0.131 e. The van der Waals surface area contributed by atoms with Gasteiger partial charge in [-0.1, -0.05) is 0 Å². The Labute approximate surface area is 96.8 Å². The molecule has 0 radical (unpaired) electrons. The molecular weight excluding hydrogens is 202 g/mol. The van der Waals surface area contributed by atoms with Crippen LogP contribution in [0.2, 0.25) is 0 Å². The van der Waals surface area contributed by atoms with Crippen LogP contribution in [0, 0.1) is 13.8 Å². The van der Waals surface area contributed by atoms with Crippen molar-refractivity contribution in [2.75, 3.05) is 20.2 Å². The lowest BCUT2D eigenvalue weighted by Crippen LogP contribution is -2.61. The van der Waals surface area contributed by atoms with E-state index in [4.69, 9.17) is 9.47 Å². The Balaban J connectivity index is 2.22. The first-order valence-corrected chi connectivity index (χ1v) is 5.59. The highest BCUT2D eigenvalue weighted by Gasteiger charge is 2.33. The molecule has 0 unspecified atom stereocenters. The molecule has 1 N–H and O–H groups in total. The molecule has 1 aliphatic rings. The van der Waals surface area contributed by atoms with Gasteiger partial charge in [-0.25, -0.2) is 0 Å². The van der Waals surface area contributed by atoms with Gasteiger partial charge in [0.15, 0.2) is 0 Å². The maximum atomic E-state index is 5.98. The van der Waals surface area contributed by atoms with Crippen LogP contribution in [0.4, 0.5) is 0 Å². The third-order valence-electron chi connectivity index (χ3n) is 3.00. The van der Waals surface area contributed by atoms with Gasteiger partial charge in [-0.15, -0.1) is 0 Å². The fourth-order valence-corrected chi connectivity index (χ4v) is 2.13. The molecule has 1 aromatic carbocycles. The monoisotopic (exact) mass is 221 g/mol. The molecule has 0 aromatic heterocycles. The molecule has 0 amide bonds. The van der Waals surface area contributed by atoms with E-state index in [1.165, 1.54) is 0 Å². The fraction of sp³-hybridized carbons (Fsp3) is 0.538. The Morgan fingerprint density at radius 3 is 2.12 bits per heavy atom. The Hall–Kier alpha value is -1.22. The minimum Gasteiger partial charge on any atom is -0.496 e. The average molecular weight is 221 g/mol. The van der Waals surface area contributed by atoms with Crippen molar-refractivity contribution in [2.24, 2.45) is 0 Å². The van der Waals surface area contributed by atoms with Crippen molar-refractivity contribution >= 4 is 0 Å². The second-order valence-electron chi connectivity index (χ2n) is 4.75. The highest BCUT2D eigenvalue weighted by atomic mass is 16.5. The van der Waals surface area contributed by atoms with Gasteiger partial charge >= 0.3 is 0 Å². The Kier molecular flexibility index (Phi) is 2.80. The van der Waals surface area contributed by atoms with Gasteiger partial charge < -0.3 is 14.8 Å². The molecule has 0 atom stereocenters. The van der Waals surface area contributed by atoms with Gasteiger partial charge in [-0.05, 0) is 44.0 Å². The van der Waals surface area contributed by atoms with Crippen molar-refractivity contribution in [2.45, 2.75) is 26.4 Å². The largest absolute Gasteiger partial charge is 0.496 e. The molecule has 0 aliphatic carbocycles. The maximum Gasteiger partial charge on any atom is 0.131 e. The van der Waals surface area contributed by atoms with Crippen molar-refractivity contribution in [3.8, 4) is 11.5 Å². The summed E-state index contributed by atoms with van der Waals surface area (Å²) in [7, 11) is 1.70. The van der Waals surface area contributed by atoms with Crippen LogP contribution < -0.4 is 14.8 Å². The predicted molar refractivity (Wildman–Crippen MR) is 64.4 cm³/mol. The quantitative estimate of drug-likeness (QED) is 0.847. The molecule has 0 saturated carbocycles. The lowest BCUT2D eigenvalue weighted by Gasteiger charge is -2.39. The Morgan fingerprint density at radius 1 is 1.19 bits per heavy atom. The van der Waals surface area contributed by atoms with Crippen LogP contribution in [0.15, 0.2) is 12.1 Å². The third kappa shape index (κ3) is 2.00. The molecule has 16 heavy (non-hydrogen) atoms. The summed E-state index contributed by atoms with van der Waals surface area (Å²) in [5, 5.41) is 3.22. The molecule has 2 rings (SSSR count). The van der Waals surface area contributed by atoms with E-state index >= 15 is 0 Å². The minimum absolute atomic E-state index is 0.0481. The first kappa shape index (κ1) is 11.3. The number of ether oxygens (including phenoxy) is 2. The van der Waals surface area contributed by atoms with E-state index in [9.17, 15) is 0 Å². The maximum absolute atomic E-state index is 5.98. The van der Waals surface area contributed by atoms with Gasteiger partial charge in [-0.2, -0.15) is 0 Å². The van der Waals surface area contributed by atoms with E-state index < -0.39 is 0 Å². The summed E-state index contributed by atoms with van der Waals surface area (Å²) >= 11 is 0. The molecule has 0 bridgehead atoms. The van der Waals surface area contributed by atoms with Crippen LogP contribution in [0.5, 0.6) is 11.5 Å². The van der Waals surface area contributed by atoms with Crippen molar-refractivity contribution in [3.63, 3.8) is 0 Å². The summed E-state index contributed by atoms with van der Waals surface area (Å²) in [5.41, 5.74) is 2.19. The summed E-state index contributed by atoms with van der Waals surface area (Å²) < 4.78 is 11.3. The standard InChI is InChI=1S/C13H19NO2/c1-9-5-11(6-10(2)12(9)15-4)16-13(3)7-14-8-13/h5-6,14H,7-8H2,1-4H3. The summed E-state index contributed by atoms with van der Waals surface area (Å²) in [5.74, 6) is 1.88. The zero-order valence-electron chi connectivity index (χ0n) is 10.4. The zero-order chi connectivity index (χ0) is 11.8. The van der Waals surface area contributed by atoms with Crippen LogP contribution in [0.1, 0.15) is 18.1 Å².